The van der Waals surface area contributed by atoms with Gasteiger partial charge >= 0.3 is 0 Å². The summed E-state index contributed by atoms with van der Waals surface area (Å²) in [4.78, 5) is 6.47. The second kappa shape index (κ2) is 4.59. The van der Waals surface area contributed by atoms with Crippen molar-refractivity contribution in [3.05, 3.63) is 35.6 Å². The molecule has 0 radical (unpaired) electrons. The topological polar surface area (TPSA) is 41.6 Å². The third kappa shape index (κ3) is 2.19. The molecule has 98 valence electrons. The van der Waals surface area contributed by atoms with Crippen LogP contribution in [-0.2, 0) is 5.54 Å². The first-order chi connectivity index (χ1) is 8.43. The van der Waals surface area contributed by atoms with E-state index in [9.17, 15) is 4.39 Å². The molecule has 1 aromatic rings. The van der Waals surface area contributed by atoms with Gasteiger partial charge in [0.1, 0.15) is 5.82 Å². The zero-order chi connectivity index (χ0) is 13.3. The van der Waals surface area contributed by atoms with Crippen LogP contribution in [0.25, 0.3) is 0 Å². The van der Waals surface area contributed by atoms with Crippen LogP contribution in [0.15, 0.2) is 29.3 Å². The minimum absolute atomic E-state index is 0.218. The first-order valence-corrected chi connectivity index (χ1v) is 6.27. The highest BCUT2D eigenvalue weighted by molar-refractivity contribution is 5.81. The van der Waals surface area contributed by atoms with Crippen LogP contribution >= 0.6 is 0 Å². The van der Waals surface area contributed by atoms with Crippen molar-refractivity contribution in [3.8, 4) is 0 Å². The van der Waals surface area contributed by atoms with E-state index in [1.54, 1.807) is 0 Å². The normalized spacial score (nSPS) is 23.6. The Kier molecular flexibility index (Phi) is 3.28. The molecule has 4 heteroatoms. The molecule has 1 heterocycles. The van der Waals surface area contributed by atoms with Gasteiger partial charge in [-0.3, -0.25) is 4.99 Å². The molecule has 0 aromatic heterocycles. The fraction of sp³-hybridized carbons (Fsp3) is 0.500. The molecule has 0 spiro atoms. The van der Waals surface area contributed by atoms with Crippen LogP contribution in [0.1, 0.15) is 26.3 Å². The predicted molar refractivity (Wildman–Crippen MR) is 71.8 cm³/mol. The highest BCUT2D eigenvalue weighted by Crippen LogP contribution is 2.33. The van der Waals surface area contributed by atoms with Crippen LogP contribution in [0.5, 0.6) is 0 Å². The fourth-order valence-electron chi connectivity index (χ4n) is 2.37. The maximum absolute atomic E-state index is 13.0. The summed E-state index contributed by atoms with van der Waals surface area (Å²) in [5, 5.41) is 0. The van der Waals surface area contributed by atoms with Crippen LogP contribution in [0.4, 0.5) is 4.39 Å². The molecule has 0 amide bonds. The van der Waals surface area contributed by atoms with E-state index >= 15 is 0 Å². The molecule has 1 aromatic carbocycles. The van der Waals surface area contributed by atoms with Gasteiger partial charge in [0, 0.05) is 6.54 Å². The maximum Gasteiger partial charge on any atom is 0.192 e. The van der Waals surface area contributed by atoms with E-state index in [-0.39, 0.29) is 11.4 Å². The summed E-state index contributed by atoms with van der Waals surface area (Å²) in [6.45, 7) is 7.87. The average Bonchev–Trinajstić information content (AvgIpc) is 2.59. The molecule has 0 saturated heterocycles. The fourth-order valence-corrected chi connectivity index (χ4v) is 2.37. The Morgan fingerprint density at radius 1 is 1.39 bits per heavy atom. The quantitative estimate of drug-likeness (QED) is 0.893. The van der Waals surface area contributed by atoms with Gasteiger partial charge in [-0.05, 0) is 30.5 Å². The molecule has 3 nitrogen and oxygen atoms in total. The summed E-state index contributed by atoms with van der Waals surface area (Å²) in [7, 11) is 0. The van der Waals surface area contributed by atoms with Crippen LogP contribution < -0.4 is 5.73 Å². The lowest BCUT2D eigenvalue weighted by Crippen LogP contribution is -2.49. The summed E-state index contributed by atoms with van der Waals surface area (Å²) in [5.74, 6) is 0.858. The zero-order valence-corrected chi connectivity index (χ0v) is 11.2. The molecule has 0 bridgehead atoms. The van der Waals surface area contributed by atoms with E-state index in [0.717, 1.165) is 12.1 Å². The van der Waals surface area contributed by atoms with Gasteiger partial charge in [-0.15, -0.1) is 0 Å². The molecule has 0 aliphatic carbocycles. The SMILES string of the molecule is CC(C)CN1C(N)=NCC1(C)c1ccc(F)cc1. The van der Waals surface area contributed by atoms with E-state index < -0.39 is 0 Å². The Labute approximate surface area is 108 Å². The first kappa shape index (κ1) is 12.9. The smallest absolute Gasteiger partial charge is 0.192 e. The number of rotatable bonds is 3. The largest absolute Gasteiger partial charge is 0.370 e. The molecule has 1 unspecified atom stereocenters. The van der Waals surface area contributed by atoms with Crippen molar-refractivity contribution in [2.24, 2.45) is 16.6 Å². The van der Waals surface area contributed by atoms with Crippen molar-refractivity contribution in [1.82, 2.24) is 4.90 Å². The Morgan fingerprint density at radius 2 is 2.00 bits per heavy atom. The van der Waals surface area contributed by atoms with Gasteiger partial charge < -0.3 is 10.6 Å². The Hall–Kier alpha value is -1.58. The summed E-state index contributed by atoms with van der Waals surface area (Å²) in [6, 6.07) is 6.61. The Morgan fingerprint density at radius 3 is 2.56 bits per heavy atom. The average molecular weight is 249 g/mol. The molecular formula is C14H20FN3. The van der Waals surface area contributed by atoms with E-state index in [4.69, 9.17) is 5.73 Å². The second-order valence-corrected chi connectivity index (χ2v) is 5.46. The Bertz CT molecular complexity index is 453. The van der Waals surface area contributed by atoms with Crippen LogP contribution in [0.2, 0.25) is 0 Å². The first-order valence-electron chi connectivity index (χ1n) is 6.27. The molecule has 1 atom stereocenters. The second-order valence-electron chi connectivity index (χ2n) is 5.46. The summed E-state index contributed by atoms with van der Waals surface area (Å²) in [6.07, 6.45) is 0. The maximum atomic E-state index is 13.0. The van der Waals surface area contributed by atoms with Crippen LogP contribution in [-0.4, -0.2) is 23.9 Å². The van der Waals surface area contributed by atoms with Crippen molar-refractivity contribution in [2.75, 3.05) is 13.1 Å². The summed E-state index contributed by atoms with van der Waals surface area (Å²) < 4.78 is 13.0. The molecule has 2 rings (SSSR count). The number of hydrogen-bond donors (Lipinski definition) is 1. The number of benzene rings is 1. The summed E-state index contributed by atoms with van der Waals surface area (Å²) >= 11 is 0. The number of aliphatic imine (C=N–C) groups is 1. The van der Waals surface area contributed by atoms with E-state index in [0.29, 0.717) is 18.4 Å². The van der Waals surface area contributed by atoms with E-state index in [1.165, 1.54) is 12.1 Å². The van der Waals surface area contributed by atoms with Gasteiger partial charge in [-0.25, -0.2) is 4.39 Å². The van der Waals surface area contributed by atoms with E-state index in [1.807, 2.05) is 12.1 Å². The van der Waals surface area contributed by atoms with Crippen molar-refractivity contribution >= 4 is 5.96 Å². The van der Waals surface area contributed by atoms with Gasteiger partial charge in [0.2, 0.25) is 0 Å². The van der Waals surface area contributed by atoms with Crippen molar-refractivity contribution < 1.29 is 4.39 Å². The monoisotopic (exact) mass is 249 g/mol. The lowest BCUT2D eigenvalue weighted by molar-refractivity contribution is 0.204. The third-order valence-corrected chi connectivity index (χ3v) is 3.44. The molecule has 2 N–H and O–H groups in total. The van der Waals surface area contributed by atoms with Gasteiger partial charge in [0.05, 0.1) is 12.1 Å². The van der Waals surface area contributed by atoms with Gasteiger partial charge in [0.25, 0.3) is 0 Å². The molecular weight excluding hydrogens is 229 g/mol. The third-order valence-electron chi connectivity index (χ3n) is 3.44. The highest BCUT2D eigenvalue weighted by Gasteiger charge is 2.39. The lowest BCUT2D eigenvalue weighted by Gasteiger charge is -2.37. The van der Waals surface area contributed by atoms with Crippen LogP contribution in [0, 0.1) is 11.7 Å². The molecule has 1 aliphatic rings. The minimum Gasteiger partial charge on any atom is -0.370 e. The number of guanidine groups is 1. The molecule has 1 aliphatic heterocycles. The summed E-state index contributed by atoms with van der Waals surface area (Å²) in [5.41, 5.74) is 6.76. The lowest BCUT2D eigenvalue weighted by atomic mass is 9.90. The predicted octanol–water partition coefficient (Wildman–Crippen LogP) is 2.33. The molecule has 0 fully saturated rings. The number of nitrogens with zero attached hydrogens (tertiary/aromatic N) is 2. The van der Waals surface area contributed by atoms with Crippen molar-refractivity contribution in [1.29, 1.82) is 0 Å². The number of hydrogen-bond acceptors (Lipinski definition) is 3. The van der Waals surface area contributed by atoms with Gasteiger partial charge in [-0.1, -0.05) is 26.0 Å². The molecule has 0 saturated carbocycles. The minimum atomic E-state index is -0.262. The van der Waals surface area contributed by atoms with Gasteiger partial charge in [0.15, 0.2) is 5.96 Å². The highest BCUT2D eigenvalue weighted by atomic mass is 19.1. The van der Waals surface area contributed by atoms with Crippen molar-refractivity contribution in [3.63, 3.8) is 0 Å². The van der Waals surface area contributed by atoms with Crippen LogP contribution in [0.3, 0.4) is 0 Å². The standard InChI is InChI=1S/C14H20FN3/c1-10(2)8-18-13(16)17-9-14(18,3)11-4-6-12(15)7-5-11/h4-7,10H,8-9H2,1-3H3,(H2,16,17). The van der Waals surface area contributed by atoms with Gasteiger partial charge in [-0.2, -0.15) is 0 Å². The van der Waals surface area contributed by atoms with Crippen molar-refractivity contribution in [2.45, 2.75) is 26.3 Å². The number of halogens is 1. The number of nitrogens with two attached hydrogens (primary N) is 1. The Balaban J connectivity index is 2.32. The van der Waals surface area contributed by atoms with E-state index in [2.05, 4.69) is 30.7 Å². The molecule has 18 heavy (non-hydrogen) atoms. The zero-order valence-electron chi connectivity index (χ0n) is 11.2.